The standard InChI is InChI=1S/C12H18O5S/c1-3-6(2)12(13)16-10-7-4-8-9(5-7)18(14,15)17-11(8)10/h6-11H,3-5H2,1-2H3. The Morgan fingerprint density at radius 2 is 2.17 bits per heavy atom. The Kier molecular flexibility index (Phi) is 2.71. The second kappa shape index (κ2) is 3.93. The third kappa shape index (κ3) is 1.61. The van der Waals surface area contributed by atoms with Gasteiger partial charge >= 0.3 is 5.97 Å². The second-order valence-electron chi connectivity index (χ2n) is 5.70. The highest BCUT2D eigenvalue weighted by Crippen LogP contribution is 2.55. The van der Waals surface area contributed by atoms with E-state index in [9.17, 15) is 13.2 Å². The van der Waals surface area contributed by atoms with Gasteiger partial charge in [-0.15, -0.1) is 0 Å². The molecule has 0 spiro atoms. The molecule has 0 radical (unpaired) electrons. The van der Waals surface area contributed by atoms with Crippen molar-refractivity contribution in [2.75, 3.05) is 0 Å². The zero-order valence-corrected chi connectivity index (χ0v) is 11.4. The first-order valence-corrected chi connectivity index (χ1v) is 8.03. The molecule has 0 aromatic rings. The summed E-state index contributed by atoms with van der Waals surface area (Å²) in [5.41, 5.74) is 0. The zero-order chi connectivity index (χ0) is 13.1. The summed E-state index contributed by atoms with van der Waals surface area (Å²) in [5.74, 6) is -0.178. The van der Waals surface area contributed by atoms with Crippen LogP contribution in [-0.2, 0) is 23.8 Å². The molecule has 2 bridgehead atoms. The SMILES string of the molecule is CCC(C)C(=O)OC1C2CC3C1OS(=O)(=O)C3C2. The van der Waals surface area contributed by atoms with Crippen LogP contribution in [0.5, 0.6) is 0 Å². The molecule has 0 aromatic heterocycles. The van der Waals surface area contributed by atoms with Gasteiger partial charge in [0.1, 0.15) is 12.2 Å². The van der Waals surface area contributed by atoms with Gasteiger partial charge in [0.05, 0.1) is 11.2 Å². The Morgan fingerprint density at radius 3 is 2.83 bits per heavy atom. The van der Waals surface area contributed by atoms with E-state index in [0.717, 1.165) is 12.8 Å². The van der Waals surface area contributed by atoms with Gasteiger partial charge in [0.15, 0.2) is 0 Å². The van der Waals surface area contributed by atoms with Gasteiger partial charge in [-0.25, -0.2) is 0 Å². The minimum absolute atomic E-state index is 0.0368. The van der Waals surface area contributed by atoms with Gasteiger partial charge in [-0.05, 0) is 19.3 Å². The molecule has 1 aliphatic heterocycles. The van der Waals surface area contributed by atoms with Crippen molar-refractivity contribution in [1.29, 1.82) is 0 Å². The highest BCUT2D eigenvalue weighted by Gasteiger charge is 2.65. The normalized spacial score (nSPS) is 45.1. The molecule has 2 saturated carbocycles. The van der Waals surface area contributed by atoms with Gasteiger partial charge < -0.3 is 4.74 Å². The zero-order valence-electron chi connectivity index (χ0n) is 10.5. The third-order valence-electron chi connectivity index (χ3n) is 4.68. The van der Waals surface area contributed by atoms with Gasteiger partial charge in [0.2, 0.25) is 0 Å². The first-order valence-electron chi connectivity index (χ1n) is 6.56. The van der Waals surface area contributed by atoms with Crippen LogP contribution in [0.2, 0.25) is 0 Å². The Balaban J connectivity index is 1.76. The summed E-state index contributed by atoms with van der Waals surface area (Å²) >= 11 is 0. The average molecular weight is 274 g/mol. The number of fused-ring (bicyclic) bond motifs is 1. The lowest BCUT2D eigenvalue weighted by Crippen LogP contribution is -2.38. The fourth-order valence-corrected chi connectivity index (χ4v) is 5.34. The fourth-order valence-electron chi connectivity index (χ4n) is 3.46. The van der Waals surface area contributed by atoms with Crippen molar-refractivity contribution in [2.45, 2.75) is 50.6 Å². The first kappa shape index (κ1) is 12.4. The van der Waals surface area contributed by atoms with E-state index in [1.807, 2.05) is 13.8 Å². The van der Waals surface area contributed by atoms with E-state index in [4.69, 9.17) is 8.92 Å². The van der Waals surface area contributed by atoms with Crippen LogP contribution in [0, 0.1) is 17.8 Å². The molecule has 0 N–H and O–H groups in total. The molecule has 0 aromatic carbocycles. The minimum Gasteiger partial charge on any atom is -0.459 e. The van der Waals surface area contributed by atoms with Crippen LogP contribution in [0.1, 0.15) is 33.1 Å². The number of carbonyl (C=O) groups excluding carboxylic acids is 1. The highest BCUT2D eigenvalue weighted by atomic mass is 32.2. The molecule has 2 aliphatic carbocycles. The predicted octanol–water partition coefficient (Wildman–Crippen LogP) is 1.08. The van der Waals surface area contributed by atoms with Gasteiger partial charge in [-0.3, -0.25) is 8.98 Å². The van der Waals surface area contributed by atoms with Crippen LogP contribution in [-0.4, -0.2) is 31.8 Å². The maximum absolute atomic E-state index is 11.8. The molecule has 3 fully saturated rings. The van der Waals surface area contributed by atoms with Crippen molar-refractivity contribution in [3.63, 3.8) is 0 Å². The maximum Gasteiger partial charge on any atom is 0.309 e. The summed E-state index contributed by atoms with van der Waals surface area (Å²) in [7, 11) is -3.42. The van der Waals surface area contributed by atoms with E-state index in [-0.39, 0.29) is 35.1 Å². The molecule has 0 amide bonds. The smallest absolute Gasteiger partial charge is 0.309 e. The molecular formula is C12H18O5S. The third-order valence-corrected chi connectivity index (χ3v) is 6.46. The second-order valence-corrected chi connectivity index (χ2v) is 7.48. The van der Waals surface area contributed by atoms with Crippen LogP contribution < -0.4 is 0 Å². The Morgan fingerprint density at radius 1 is 1.44 bits per heavy atom. The van der Waals surface area contributed by atoms with Crippen LogP contribution in [0.15, 0.2) is 0 Å². The van der Waals surface area contributed by atoms with E-state index in [2.05, 4.69) is 0 Å². The molecule has 1 heterocycles. The maximum atomic E-state index is 11.8. The summed E-state index contributed by atoms with van der Waals surface area (Å²) < 4.78 is 34.1. The van der Waals surface area contributed by atoms with Gasteiger partial charge in [0, 0.05) is 11.8 Å². The Hall–Kier alpha value is -0.620. The summed E-state index contributed by atoms with van der Waals surface area (Å²) in [6, 6.07) is 0. The van der Waals surface area contributed by atoms with Crippen molar-refractivity contribution in [1.82, 2.24) is 0 Å². The molecule has 6 heteroatoms. The minimum atomic E-state index is -3.42. The topological polar surface area (TPSA) is 69.7 Å². The first-order chi connectivity index (χ1) is 8.44. The predicted molar refractivity (Wildman–Crippen MR) is 63.1 cm³/mol. The Bertz CT molecular complexity index is 471. The number of ether oxygens (including phenoxy) is 1. The molecular weight excluding hydrogens is 256 g/mol. The quantitative estimate of drug-likeness (QED) is 0.569. The fraction of sp³-hybridized carbons (Fsp3) is 0.917. The van der Waals surface area contributed by atoms with Crippen molar-refractivity contribution < 1.29 is 22.1 Å². The number of esters is 1. The lowest BCUT2D eigenvalue weighted by molar-refractivity contribution is -0.160. The molecule has 3 rings (SSSR count). The number of hydrogen-bond donors (Lipinski definition) is 0. The molecule has 102 valence electrons. The lowest BCUT2D eigenvalue weighted by atomic mass is 9.94. The monoisotopic (exact) mass is 274 g/mol. The number of hydrogen-bond acceptors (Lipinski definition) is 5. The molecule has 18 heavy (non-hydrogen) atoms. The molecule has 1 saturated heterocycles. The largest absolute Gasteiger partial charge is 0.459 e. The average Bonchev–Trinajstić information content (AvgIpc) is 2.91. The van der Waals surface area contributed by atoms with Gasteiger partial charge in [0.25, 0.3) is 10.1 Å². The van der Waals surface area contributed by atoms with Crippen molar-refractivity contribution in [3.8, 4) is 0 Å². The van der Waals surface area contributed by atoms with E-state index >= 15 is 0 Å². The summed E-state index contributed by atoms with van der Waals surface area (Å²) in [4.78, 5) is 11.8. The van der Waals surface area contributed by atoms with Crippen LogP contribution in [0.25, 0.3) is 0 Å². The lowest BCUT2D eigenvalue weighted by Gasteiger charge is -2.25. The molecule has 6 atom stereocenters. The van der Waals surface area contributed by atoms with Crippen molar-refractivity contribution in [2.24, 2.45) is 17.8 Å². The van der Waals surface area contributed by atoms with Crippen molar-refractivity contribution >= 4 is 16.1 Å². The van der Waals surface area contributed by atoms with Crippen molar-refractivity contribution in [3.05, 3.63) is 0 Å². The van der Waals surface area contributed by atoms with E-state index < -0.39 is 16.2 Å². The van der Waals surface area contributed by atoms with E-state index in [1.54, 1.807) is 0 Å². The Labute approximate surface area is 107 Å². The molecule has 5 nitrogen and oxygen atoms in total. The number of rotatable bonds is 3. The van der Waals surface area contributed by atoms with Crippen LogP contribution >= 0.6 is 0 Å². The molecule has 3 aliphatic rings. The van der Waals surface area contributed by atoms with Gasteiger partial charge in [-0.2, -0.15) is 8.42 Å². The van der Waals surface area contributed by atoms with Gasteiger partial charge in [-0.1, -0.05) is 13.8 Å². The van der Waals surface area contributed by atoms with Crippen LogP contribution in [0.3, 0.4) is 0 Å². The summed E-state index contributed by atoms with van der Waals surface area (Å²) in [5, 5.41) is -0.356. The van der Waals surface area contributed by atoms with E-state index in [1.165, 1.54) is 0 Å². The number of carbonyl (C=O) groups is 1. The van der Waals surface area contributed by atoms with Crippen LogP contribution in [0.4, 0.5) is 0 Å². The summed E-state index contributed by atoms with van der Waals surface area (Å²) in [6.45, 7) is 3.75. The summed E-state index contributed by atoms with van der Waals surface area (Å²) in [6.07, 6.45) is 1.35. The van der Waals surface area contributed by atoms with E-state index in [0.29, 0.717) is 6.42 Å². The highest BCUT2D eigenvalue weighted by molar-refractivity contribution is 7.87. The molecule has 6 unspecified atom stereocenters.